The third-order valence-electron chi connectivity index (χ3n) is 3.37. The van der Waals surface area contributed by atoms with E-state index < -0.39 is 5.97 Å². The number of hydrogen-bond donors (Lipinski definition) is 1. The van der Waals surface area contributed by atoms with Crippen LogP contribution >= 0.6 is 11.3 Å². The molecule has 0 fully saturated rings. The minimum Gasteiger partial charge on any atom is -0.477 e. The molecule has 1 N–H and O–H groups in total. The van der Waals surface area contributed by atoms with E-state index in [1.54, 1.807) is 26.0 Å². The number of nitrogens with zero attached hydrogens (tertiary/aromatic N) is 3. The summed E-state index contributed by atoms with van der Waals surface area (Å²) in [4.78, 5) is 19.2. The number of carboxylic acids is 1. The van der Waals surface area contributed by atoms with Crippen molar-refractivity contribution in [2.75, 3.05) is 0 Å². The number of aromatic nitrogens is 1. The molecule has 0 bridgehead atoms. The number of allylic oxidation sites excluding steroid dienone is 2. The SMILES string of the molecule is C=N/C(=C(C#N)\C=C\c1nc(C)c(C(=O)O)s1)c1ccc(F)c(C)c1. The summed E-state index contributed by atoms with van der Waals surface area (Å²) in [5.41, 5.74) is 1.94. The highest BCUT2D eigenvalue weighted by Crippen LogP contribution is 2.24. The number of carbonyl (C=O) groups is 1. The first-order chi connectivity index (χ1) is 11.9. The summed E-state index contributed by atoms with van der Waals surface area (Å²) in [6.45, 7) is 6.70. The molecule has 25 heavy (non-hydrogen) atoms. The van der Waals surface area contributed by atoms with E-state index in [0.29, 0.717) is 27.5 Å². The van der Waals surface area contributed by atoms with Crippen LogP contribution in [-0.2, 0) is 0 Å². The predicted molar refractivity (Wildman–Crippen MR) is 96.1 cm³/mol. The molecule has 0 saturated carbocycles. The first-order valence-corrected chi connectivity index (χ1v) is 7.95. The lowest BCUT2D eigenvalue weighted by Gasteiger charge is -2.05. The summed E-state index contributed by atoms with van der Waals surface area (Å²) in [6, 6.07) is 6.43. The zero-order chi connectivity index (χ0) is 18.6. The number of rotatable bonds is 5. The highest BCUT2D eigenvalue weighted by molar-refractivity contribution is 7.14. The van der Waals surface area contributed by atoms with E-state index >= 15 is 0 Å². The van der Waals surface area contributed by atoms with E-state index in [1.807, 2.05) is 6.07 Å². The number of aryl methyl sites for hydroxylation is 2. The van der Waals surface area contributed by atoms with Crippen LogP contribution in [0.15, 0.2) is 34.8 Å². The second-order valence-corrected chi connectivity index (χ2v) is 6.13. The van der Waals surface area contributed by atoms with E-state index in [2.05, 4.69) is 16.7 Å². The Morgan fingerprint density at radius 1 is 1.48 bits per heavy atom. The first-order valence-electron chi connectivity index (χ1n) is 7.13. The average molecular weight is 355 g/mol. The molecule has 0 spiro atoms. The second-order valence-electron chi connectivity index (χ2n) is 5.10. The van der Waals surface area contributed by atoms with Crippen molar-refractivity contribution >= 4 is 35.8 Å². The summed E-state index contributed by atoms with van der Waals surface area (Å²) >= 11 is 1.01. The van der Waals surface area contributed by atoms with E-state index in [4.69, 9.17) is 5.11 Å². The van der Waals surface area contributed by atoms with Crippen molar-refractivity contribution in [1.82, 2.24) is 4.98 Å². The van der Waals surface area contributed by atoms with Gasteiger partial charge >= 0.3 is 5.97 Å². The van der Waals surface area contributed by atoms with E-state index in [-0.39, 0.29) is 16.3 Å². The van der Waals surface area contributed by atoms with Gasteiger partial charge in [0.1, 0.15) is 21.8 Å². The lowest BCUT2D eigenvalue weighted by molar-refractivity contribution is 0.0701. The lowest BCUT2D eigenvalue weighted by atomic mass is 10.0. The average Bonchev–Trinajstić information content (AvgIpc) is 2.95. The third-order valence-corrected chi connectivity index (χ3v) is 4.48. The minimum atomic E-state index is -1.04. The number of aromatic carboxylic acids is 1. The largest absolute Gasteiger partial charge is 0.477 e. The number of benzene rings is 1. The predicted octanol–water partition coefficient (Wildman–Crippen LogP) is 4.25. The highest BCUT2D eigenvalue weighted by atomic mass is 32.1. The maximum absolute atomic E-state index is 13.4. The summed E-state index contributed by atoms with van der Waals surface area (Å²) in [7, 11) is 0. The van der Waals surface area contributed by atoms with Gasteiger partial charge in [0, 0.05) is 5.56 Å². The van der Waals surface area contributed by atoms with Crippen molar-refractivity contribution in [3.05, 3.63) is 62.4 Å². The molecule has 0 aliphatic rings. The fraction of sp³-hybridized carbons (Fsp3) is 0.111. The van der Waals surface area contributed by atoms with Gasteiger partial charge in [-0.2, -0.15) is 5.26 Å². The Balaban J connectivity index is 2.45. The van der Waals surface area contributed by atoms with E-state index in [1.165, 1.54) is 18.2 Å². The van der Waals surface area contributed by atoms with Crippen LogP contribution in [0.25, 0.3) is 11.8 Å². The molecule has 2 rings (SSSR count). The number of aliphatic imine (C=N–C) groups is 1. The van der Waals surface area contributed by atoms with Gasteiger partial charge < -0.3 is 5.11 Å². The maximum atomic E-state index is 13.4. The number of thiazole rings is 1. The van der Waals surface area contributed by atoms with Crippen LogP contribution in [-0.4, -0.2) is 22.8 Å². The molecule has 5 nitrogen and oxygen atoms in total. The summed E-state index contributed by atoms with van der Waals surface area (Å²) in [6.07, 6.45) is 3.04. The minimum absolute atomic E-state index is 0.151. The molecule has 7 heteroatoms. The van der Waals surface area contributed by atoms with Gasteiger partial charge in [-0.15, -0.1) is 11.3 Å². The fourth-order valence-electron chi connectivity index (χ4n) is 2.13. The van der Waals surface area contributed by atoms with Crippen LogP contribution in [0.1, 0.15) is 31.5 Å². The number of halogens is 1. The molecule has 0 amide bonds. The molecular weight excluding hydrogens is 341 g/mol. The molecule has 126 valence electrons. The maximum Gasteiger partial charge on any atom is 0.347 e. The molecule has 0 aliphatic heterocycles. The van der Waals surface area contributed by atoms with Gasteiger partial charge in [0.25, 0.3) is 0 Å². The van der Waals surface area contributed by atoms with Crippen molar-refractivity contribution in [2.45, 2.75) is 13.8 Å². The van der Waals surface area contributed by atoms with Crippen LogP contribution in [0.4, 0.5) is 4.39 Å². The van der Waals surface area contributed by atoms with Gasteiger partial charge in [0.15, 0.2) is 0 Å². The summed E-state index contributed by atoms with van der Waals surface area (Å²) in [5, 5.41) is 18.9. The highest BCUT2D eigenvalue weighted by Gasteiger charge is 2.13. The fourth-order valence-corrected chi connectivity index (χ4v) is 2.94. The molecule has 0 saturated heterocycles. The van der Waals surface area contributed by atoms with Crippen molar-refractivity contribution in [3.8, 4) is 6.07 Å². The van der Waals surface area contributed by atoms with Gasteiger partial charge in [-0.05, 0) is 56.5 Å². The molecule has 0 radical (unpaired) electrons. The first kappa shape index (κ1) is 18.2. The quantitative estimate of drug-likeness (QED) is 0.493. The number of hydrogen-bond acceptors (Lipinski definition) is 5. The van der Waals surface area contributed by atoms with Crippen molar-refractivity contribution in [3.63, 3.8) is 0 Å². The molecule has 0 unspecified atom stereocenters. The van der Waals surface area contributed by atoms with Crippen LogP contribution < -0.4 is 0 Å². The van der Waals surface area contributed by atoms with Gasteiger partial charge in [-0.25, -0.2) is 14.2 Å². The van der Waals surface area contributed by atoms with Gasteiger partial charge in [0.05, 0.1) is 17.0 Å². The smallest absolute Gasteiger partial charge is 0.347 e. The van der Waals surface area contributed by atoms with Crippen molar-refractivity contribution < 1.29 is 14.3 Å². The summed E-state index contributed by atoms with van der Waals surface area (Å²) < 4.78 is 13.4. The van der Waals surface area contributed by atoms with Crippen molar-refractivity contribution in [1.29, 1.82) is 5.26 Å². The number of carboxylic acid groups (broad SMARTS) is 1. The Hall–Kier alpha value is -3.11. The van der Waals surface area contributed by atoms with Crippen LogP contribution in [0, 0.1) is 31.0 Å². The Morgan fingerprint density at radius 2 is 2.20 bits per heavy atom. The Morgan fingerprint density at radius 3 is 2.72 bits per heavy atom. The molecule has 1 aromatic carbocycles. The summed E-state index contributed by atoms with van der Waals surface area (Å²) in [5.74, 6) is -1.39. The molecule has 0 aliphatic carbocycles. The van der Waals surface area contributed by atoms with Gasteiger partial charge in [-0.3, -0.25) is 4.99 Å². The zero-order valence-corrected chi connectivity index (χ0v) is 14.4. The van der Waals surface area contributed by atoms with Gasteiger partial charge in [-0.1, -0.05) is 0 Å². The van der Waals surface area contributed by atoms with Crippen LogP contribution in [0.5, 0.6) is 0 Å². The zero-order valence-electron chi connectivity index (χ0n) is 13.6. The van der Waals surface area contributed by atoms with E-state index in [9.17, 15) is 14.4 Å². The van der Waals surface area contributed by atoms with Crippen LogP contribution in [0.2, 0.25) is 0 Å². The monoisotopic (exact) mass is 355 g/mol. The molecule has 1 aromatic heterocycles. The molecular formula is C18H14FN3O2S. The molecule has 1 heterocycles. The van der Waals surface area contributed by atoms with Crippen molar-refractivity contribution in [2.24, 2.45) is 4.99 Å². The standard InChI is InChI=1S/C18H14FN3O2S/c1-10-8-12(4-6-14(10)19)16(21-3)13(9-20)5-7-15-22-11(2)17(25-15)18(23)24/h4-8H,3H2,1-2H3,(H,23,24)/b7-5+,16-13+. The Labute approximate surface area is 148 Å². The molecule has 0 atom stereocenters. The normalized spacial score (nSPS) is 11.9. The third kappa shape index (κ3) is 4.05. The lowest BCUT2D eigenvalue weighted by Crippen LogP contribution is -1.94. The van der Waals surface area contributed by atoms with Crippen LogP contribution in [0.3, 0.4) is 0 Å². The van der Waals surface area contributed by atoms with E-state index in [0.717, 1.165) is 11.3 Å². The molecule has 2 aromatic rings. The van der Waals surface area contributed by atoms with Gasteiger partial charge in [0.2, 0.25) is 0 Å². The Kier molecular flexibility index (Phi) is 5.57. The Bertz CT molecular complexity index is 952. The second kappa shape index (κ2) is 7.64. The topological polar surface area (TPSA) is 86.3 Å². The number of nitriles is 1.